The fourth-order valence-electron chi connectivity index (χ4n) is 4.90. The van der Waals surface area contributed by atoms with Crippen LogP contribution in [-0.2, 0) is 6.54 Å². The minimum atomic E-state index is -0.0565. The number of amides is 1. The molecule has 2 saturated heterocycles. The fraction of sp³-hybridized carbons (Fsp3) is 0.393. The van der Waals surface area contributed by atoms with Crippen LogP contribution in [0.4, 0.5) is 5.82 Å². The Morgan fingerprint density at radius 3 is 2.53 bits per heavy atom. The number of anilines is 1. The lowest BCUT2D eigenvalue weighted by molar-refractivity contribution is 0.0909. The SMILES string of the molecule is CN1CCN(c2ccc(CN3CCC(NC(=O)c4ccc(Cl)c(-c5cccnc5)c4)CC3)cn2)CC1. The minimum Gasteiger partial charge on any atom is -0.354 e. The number of aromatic nitrogens is 2. The van der Waals surface area contributed by atoms with Crippen molar-refractivity contribution < 1.29 is 4.79 Å². The first kappa shape index (κ1) is 24.7. The maximum absolute atomic E-state index is 13.0. The van der Waals surface area contributed by atoms with Crippen LogP contribution in [-0.4, -0.2) is 78.0 Å². The highest BCUT2D eigenvalue weighted by atomic mass is 35.5. The summed E-state index contributed by atoms with van der Waals surface area (Å²) in [6, 6.07) is 13.8. The van der Waals surface area contributed by atoms with E-state index in [1.165, 1.54) is 5.56 Å². The standard InChI is InChI=1S/C28H33ClN6O/c1-33-13-15-35(16-14-33)27-7-4-21(18-31-27)20-34-11-8-24(9-12-34)32-28(36)22-5-6-26(29)25(17-22)23-3-2-10-30-19-23/h2-7,10,17-19,24H,8-9,11-16,20H2,1H3,(H,32,36). The quantitative estimate of drug-likeness (QED) is 0.548. The maximum Gasteiger partial charge on any atom is 0.251 e. The number of pyridine rings is 2. The van der Waals surface area contributed by atoms with Crippen LogP contribution in [0.1, 0.15) is 28.8 Å². The first-order valence-electron chi connectivity index (χ1n) is 12.7. The van der Waals surface area contributed by atoms with E-state index >= 15 is 0 Å². The van der Waals surface area contributed by atoms with Crippen molar-refractivity contribution in [2.24, 2.45) is 0 Å². The predicted molar refractivity (Wildman–Crippen MR) is 144 cm³/mol. The van der Waals surface area contributed by atoms with Gasteiger partial charge in [-0.05, 0) is 55.8 Å². The van der Waals surface area contributed by atoms with E-state index in [0.717, 1.165) is 75.6 Å². The maximum atomic E-state index is 13.0. The highest BCUT2D eigenvalue weighted by molar-refractivity contribution is 6.33. The molecule has 5 rings (SSSR count). The molecule has 36 heavy (non-hydrogen) atoms. The van der Waals surface area contributed by atoms with E-state index in [1.54, 1.807) is 24.5 Å². The van der Waals surface area contributed by atoms with Crippen molar-refractivity contribution in [3.63, 3.8) is 0 Å². The molecule has 0 saturated carbocycles. The zero-order chi connectivity index (χ0) is 24.9. The van der Waals surface area contributed by atoms with Gasteiger partial charge in [0.2, 0.25) is 0 Å². The van der Waals surface area contributed by atoms with E-state index in [1.807, 2.05) is 24.4 Å². The highest BCUT2D eigenvalue weighted by Crippen LogP contribution is 2.28. The molecule has 1 aromatic carbocycles. The van der Waals surface area contributed by atoms with E-state index in [2.05, 4.69) is 44.2 Å². The molecule has 0 atom stereocenters. The number of piperidine rings is 1. The third kappa shape index (κ3) is 6.03. The highest BCUT2D eigenvalue weighted by Gasteiger charge is 2.22. The molecule has 0 aliphatic carbocycles. The van der Waals surface area contributed by atoms with Gasteiger partial charge in [0.1, 0.15) is 5.82 Å². The van der Waals surface area contributed by atoms with Crippen LogP contribution in [0.15, 0.2) is 61.1 Å². The average Bonchev–Trinajstić information content (AvgIpc) is 2.91. The number of halogens is 1. The Morgan fingerprint density at radius 2 is 1.83 bits per heavy atom. The summed E-state index contributed by atoms with van der Waals surface area (Å²) in [5.74, 6) is 1.01. The van der Waals surface area contributed by atoms with E-state index in [0.29, 0.717) is 10.6 Å². The van der Waals surface area contributed by atoms with Crippen molar-refractivity contribution in [3.05, 3.63) is 77.2 Å². The Bertz CT molecular complexity index is 1160. The minimum absolute atomic E-state index is 0.0565. The Labute approximate surface area is 218 Å². The van der Waals surface area contributed by atoms with E-state index < -0.39 is 0 Å². The number of carbonyl (C=O) groups excluding carboxylic acids is 1. The molecule has 4 heterocycles. The lowest BCUT2D eigenvalue weighted by atomic mass is 10.0. The van der Waals surface area contributed by atoms with Gasteiger partial charge in [-0.15, -0.1) is 0 Å². The summed E-state index contributed by atoms with van der Waals surface area (Å²) < 4.78 is 0. The number of benzene rings is 1. The van der Waals surface area contributed by atoms with Gasteiger partial charge in [0.05, 0.1) is 0 Å². The number of rotatable bonds is 6. The van der Waals surface area contributed by atoms with E-state index in [4.69, 9.17) is 16.6 Å². The van der Waals surface area contributed by atoms with E-state index in [9.17, 15) is 4.79 Å². The first-order valence-corrected chi connectivity index (χ1v) is 13.0. The molecular weight excluding hydrogens is 472 g/mol. The lowest BCUT2D eigenvalue weighted by Gasteiger charge is -2.33. The van der Waals surface area contributed by atoms with Crippen molar-refractivity contribution in [2.45, 2.75) is 25.4 Å². The second-order valence-corrected chi connectivity index (χ2v) is 10.2. The normalized spacial score (nSPS) is 17.8. The summed E-state index contributed by atoms with van der Waals surface area (Å²) in [6.45, 7) is 7.02. The topological polar surface area (TPSA) is 64.6 Å². The van der Waals surface area contributed by atoms with Crippen LogP contribution in [0, 0.1) is 0 Å². The summed E-state index contributed by atoms with van der Waals surface area (Å²) in [7, 11) is 2.17. The largest absolute Gasteiger partial charge is 0.354 e. The molecule has 2 aliphatic heterocycles. The molecule has 0 radical (unpaired) electrons. The molecule has 0 unspecified atom stereocenters. The van der Waals surface area contributed by atoms with Gasteiger partial charge >= 0.3 is 0 Å². The van der Waals surface area contributed by atoms with Gasteiger partial charge in [0, 0.05) is 92.2 Å². The fourth-order valence-corrected chi connectivity index (χ4v) is 5.13. The molecule has 188 valence electrons. The first-order chi connectivity index (χ1) is 17.5. The average molecular weight is 505 g/mol. The van der Waals surface area contributed by atoms with Crippen molar-refractivity contribution in [1.29, 1.82) is 0 Å². The summed E-state index contributed by atoms with van der Waals surface area (Å²) in [5.41, 5.74) is 3.57. The van der Waals surface area contributed by atoms with Crippen molar-refractivity contribution in [1.82, 2.24) is 25.1 Å². The molecule has 7 nitrogen and oxygen atoms in total. The number of nitrogens with one attached hydrogen (secondary N) is 1. The van der Waals surface area contributed by atoms with E-state index in [-0.39, 0.29) is 11.9 Å². The van der Waals surface area contributed by atoms with Gasteiger partial charge in [-0.1, -0.05) is 23.7 Å². The van der Waals surface area contributed by atoms with Crippen molar-refractivity contribution in [2.75, 3.05) is 51.2 Å². The molecule has 2 aromatic heterocycles. The van der Waals surface area contributed by atoms with Crippen LogP contribution >= 0.6 is 11.6 Å². The number of likely N-dealkylation sites (N-methyl/N-ethyl adjacent to an activating group) is 1. The summed E-state index contributed by atoms with van der Waals surface area (Å²) in [4.78, 5) is 29.0. The van der Waals surface area contributed by atoms with Crippen LogP contribution in [0.2, 0.25) is 5.02 Å². The summed E-state index contributed by atoms with van der Waals surface area (Å²) in [6.07, 6.45) is 7.36. The molecule has 1 N–H and O–H groups in total. The Balaban J connectivity index is 1.11. The van der Waals surface area contributed by atoms with Crippen LogP contribution in [0.3, 0.4) is 0 Å². The van der Waals surface area contributed by atoms with Crippen molar-refractivity contribution >= 4 is 23.3 Å². The number of likely N-dealkylation sites (tertiary alicyclic amines) is 1. The Morgan fingerprint density at radius 1 is 1.03 bits per heavy atom. The zero-order valence-corrected chi connectivity index (χ0v) is 21.5. The number of piperazine rings is 1. The third-order valence-corrected chi connectivity index (χ3v) is 7.50. The second-order valence-electron chi connectivity index (χ2n) is 9.78. The third-order valence-electron chi connectivity index (χ3n) is 7.17. The van der Waals surface area contributed by atoms with Crippen LogP contribution in [0.25, 0.3) is 11.1 Å². The smallest absolute Gasteiger partial charge is 0.251 e. The molecular formula is C28H33ClN6O. The molecule has 3 aromatic rings. The van der Waals surface area contributed by atoms with Gasteiger partial charge in [-0.25, -0.2) is 4.98 Å². The van der Waals surface area contributed by atoms with Crippen LogP contribution in [0.5, 0.6) is 0 Å². The number of carbonyl (C=O) groups is 1. The van der Waals surface area contributed by atoms with Gasteiger partial charge in [0.15, 0.2) is 0 Å². The molecule has 1 amide bonds. The zero-order valence-electron chi connectivity index (χ0n) is 20.7. The predicted octanol–water partition coefficient (Wildman–Crippen LogP) is 3.94. The monoisotopic (exact) mass is 504 g/mol. The van der Waals surface area contributed by atoms with Crippen LogP contribution < -0.4 is 10.2 Å². The molecule has 2 fully saturated rings. The second kappa shape index (κ2) is 11.4. The summed E-state index contributed by atoms with van der Waals surface area (Å²) >= 11 is 6.39. The van der Waals surface area contributed by atoms with Gasteiger partial charge in [-0.3, -0.25) is 14.7 Å². The lowest BCUT2D eigenvalue weighted by Crippen LogP contribution is -2.45. The Kier molecular flexibility index (Phi) is 7.80. The summed E-state index contributed by atoms with van der Waals surface area (Å²) in [5, 5.41) is 3.83. The number of nitrogens with zero attached hydrogens (tertiary/aromatic N) is 5. The Hall–Kier alpha value is -3.00. The molecule has 8 heteroatoms. The van der Waals surface area contributed by atoms with Crippen molar-refractivity contribution in [3.8, 4) is 11.1 Å². The molecule has 2 aliphatic rings. The number of hydrogen-bond donors (Lipinski definition) is 1. The molecule has 0 bridgehead atoms. The molecule has 0 spiro atoms. The van der Waals surface area contributed by atoms with Gasteiger partial charge < -0.3 is 15.1 Å². The van der Waals surface area contributed by atoms with Gasteiger partial charge in [-0.2, -0.15) is 0 Å². The van der Waals surface area contributed by atoms with Gasteiger partial charge in [0.25, 0.3) is 5.91 Å². The number of hydrogen-bond acceptors (Lipinski definition) is 6.